The molecule has 0 unspecified atom stereocenters. The number of likely N-dealkylation sites (tertiary alicyclic amines) is 1. The monoisotopic (exact) mass is 239 g/mol. The molecule has 0 spiro atoms. The Balaban J connectivity index is 1.48. The second-order valence-electron chi connectivity index (χ2n) is 5.23. The average Bonchev–Trinajstić information content (AvgIpc) is 2.99. The van der Waals surface area contributed by atoms with Crippen LogP contribution in [0.3, 0.4) is 0 Å². The van der Waals surface area contributed by atoms with Crippen molar-refractivity contribution < 1.29 is 4.79 Å². The summed E-state index contributed by atoms with van der Waals surface area (Å²) < 4.78 is 0. The van der Waals surface area contributed by atoms with Crippen LogP contribution in [-0.2, 0) is 4.79 Å². The van der Waals surface area contributed by atoms with Crippen molar-refractivity contribution in [2.45, 2.75) is 44.6 Å². The van der Waals surface area contributed by atoms with Gasteiger partial charge in [0.05, 0.1) is 0 Å². The number of carbonyl (C=O) groups excluding carboxylic acids is 1. The summed E-state index contributed by atoms with van der Waals surface area (Å²) in [5.74, 6) is 0.217. The summed E-state index contributed by atoms with van der Waals surface area (Å²) in [6, 6.07) is 0.633. The molecule has 2 aliphatic heterocycles. The molecule has 1 amide bonds. The highest BCUT2D eigenvalue weighted by Gasteiger charge is 2.15. The highest BCUT2D eigenvalue weighted by molar-refractivity contribution is 5.76. The molecular weight excluding hydrogens is 214 g/mol. The summed E-state index contributed by atoms with van der Waals surface area (Å²) in [5, 5.41) is 6.48. The van der Waals surface area contributed by atoms with Crippen LogP contribution in [0, 0.1) is 0 Å². The van der Waals surface area contributed by atoms with E-state index < -0.39 is 0 Å². The molecule has 4 nitrogen and oxygen atoms in total. The van der Waals surface area contributed by atoms with Gasteiger partial charge in [-0.15, -0.1) is 0 Å². The third kappa shape index (κ3) is 4.64. The topological polar surface area (TPSA) is 44.4 Å². The Kier molecular flexibility index (Phi) is 5.26. The van der Waals surface area contributed by atoms with Gasteiger partial charge in [0, 0.05) is 25.6 Å². The lowest BCUT2D eigenvalue weighted by Gasteiger charge is -2.14. The van der Waals surface area contributed by atoms with Gasteiger partial charge < -0.3 is 15.5 Å². The Labute approximate surface area is 104 Å². The summed E-state index contributed by atoms with van der Waals surface area (Å²) >= 11 is 0. The van der Waals surface area contributed by atoms with Gasteiger partial charge >= 0.3 is 0 Å². The minimum atomic E-state index is 0.217. The van der Waals surface area contributed by atoms with Crippen LogP contribution in [0.1, 0.15) is 38.5 Å². The molecule has 0 aromatic heterocycles. The number of rotatable bonds is 6. The first kappa shape index (κ1) is 12.8. The van der Waals surface area contributed by atoms with E-state index >= 15 is 0 Å². The lowest BCUT2D eigenvalue weighted by Crippen LogP contribution is -2.32. The van der Waals surface area contributed by atoms with E-state index in [9.17, 15) is 4.79 Å². The lowest BCUT2D eigenvalue weighted by atomic mass is 10.1. The fraction of sp³-hybridized carbons (Fsp3) is 0.923. The molecule has 0 aromatic rings. The van der Waals surface area contributed by atoms with Crippen LogP contribution in [0.4, 0.5) is 0 Å². The smallest absolute Gasteiger partial charge is 0.221 e. The molecule has 2 N–H and O–H groups in total. The van der Waals surface area contributed by atoms with Crippen LogP contribution in [0.2, 0.25) is 0 Å². The van der Waals surface area contributed by atoms with Crippen LogP contribution >= 0.6 is 0 Å². The maximum atomic E-state index is 11.6. The zero-order valence-corrected chi connectivity index (χ0v) is 10.7. The second kappa shape index (κ2) is 6.97. The molecule has 2 rings (SSSR count). The molecule has 2 heterocycles. The minimum Gasteiger partial charge on any atom is -0.356 e. The molecule has 0 aromatic carbocycles. The van der Waals surface area contributed by atoms with Crippen LogP contribution in [0.25, 0.3) is 0 Å². The minimum absolute atomic E-state index is 0.217. The first-order valence-corrected chi connectivity index (χ1v) is 7.07. The van der Waals surface area contributed by atoms with Crippen LogP contribution in [-0.4, -0.2) is 49.6 Å². The number of hydrogen-bond donors (Lipinski definition) is 2. The Morgan fingerprint density at radius 3 is 2.82 bits per heavy atom. The summed E-state index contributed by atoms with van der Waals surface area (Å²) in [7, 11) is 0. The van der Waals surface area contributed by atoms with E-state index in [4.69, 9.17) is 0 Å². The fourth-order valence-electron chi connectivity index (χ4n) is 2.74. The summed E-state index contributed by atoms with van der Waals surface area (Å²) in [4.78, 5) is 14.0. The first-order valence-electron chi connectivity index (χ1n) is 7.07. The van der Waals surface area contributed by atoms with Gasteiger partial charge in [0.15, 0.2) is 0 Å². The van der Waals surface area contributed by atoms with E-state index in [-0.39, 0.29) is 5.91 Å². The number of carbonyl (C=O) groups is 1. The molecule has 98 valence electrons. The number of amides is 1. The Bertz CT molecular complexity index is 233. The third-order valence-electron chi connectivity index (χ3n) is 3.83. The van der Waals surface area contributed by atoms with Crippen LogP contribution in [0.5, 0.6) is 0 Å². The Hall–Kier alpha value is -0.610. The largest absolute Gasteiger partial charge is 0.356 e. The predicted octanol–water partition coefficient (Wildman–Crippen LogP) is 0.731. The van der Waals surface area contributed by atoms with Gasteiger partial charge in [0.1, 0.15) is 0 Å². The molecule has 0 aliphatic carbocycles. The van der Waals surface area contributed by atoms with E-state index in [0.717, 1.165) is 26.1 Å². The molecule has 2 saturated heterocycles. The third-order valence-corrected chi connectivity index (χ3v) is 3.83. The molecule has 4 heteroatoms. The van der Waals surface area contributed by atoms with Crippen molar-refractivity contribution in [3.8, 4) is 0 Å². The molecule has 1 atom stereocenters. The van der Waals surface area contributed by atoms with E-state index in [1.165, 1.54) is 38.8 Å². The van der Waals surface area contributed by atoms with E-state index in [0.29, 0.717) is 12.5 Å². The van der Waals surface area contributed by atoms with Gasteiger partial charge in [-0.05, 0) is 51.7 Å². The van der Waals surface area contributed by atoms with Crippen LogP contribution < -0.4 is 10.6 Å². The SMILES string of the molecule is O=C(CCN1CCCC1)NCC[C@H]1CCCN1. The first-order chi connectivity index (χ1) is 8.34. The normalized spacial score (nSPS) is 25.3. The van der Waals surface area contributed by atoms with E-state index in [1.807, 2.05) is 0 Å². The van der Waals surface area contributed by atoms with Gasteiger partial charge in [0.25, 0.3) is 0 Å². The summed E-state index contributed by atoms with van der Waals surface area (Å²) in [5.41, 5.74) is 0. The van der Waals surface area contributed by atoms with Gasteiger partial charge in [-0.25, -0.2) is 0 Å². The quantitative estimate of drug-likeness (QED) is 0.718. The highest BCUT2D eigenvalue weighted by Crippen LogP contribution is 2.08. The van der Waals surface area contributed by atoms with Crippen molar-refractivity contribution in [1.82, 2.24) is 15.5 Å². The van der Waals surface area contributed by atoms with E-state index in [1.54, 1.807) is 0 Å². The van der Waals surface area contributed by atoms with Gasteiger partial charge in [0.2, 0.25) is 5.91 Å². The van der Waals surface area contributed by atoms with Crippen molar-refractivity contribution >= 4 is 5.91 Å². The molecule has 0 saturated carbocycles. The highest BCUT2D eigenvalue weighted by atomic mass is 16.1. The lowest BCUT2D eigenvalue weighted by molar-refractivity contribution is -0.121. The Morgan fingerprint density at radius 1 is 1.29 bits per heavy atom. The standard InChI is InChI=1S/C13H25N3O/c17-13(6-11-16-9-1-2-10-16)15-8-5-12-4-3-7-14-12/h12,14H,1-11H2,(H,15,17)/t12-/m1/s1. The number of nitrogens with one attached hydrogen (secondary N) is 2. The maximum absolute atomic E-state index is 11.6. The van der Waals surface area contributed by atoms with Crippen molar-refractivity contribution in [2.24, 2.45) is 0 Å². The predicted molar refractivity (Wildman–Crippen MR) is 68.9 cm³/mol. The zero-order valence-electron chi connectivity index (χ0n) is 10.7. The van der Waals surface area contributed by atoms with Gasteiger partial charge in [-0.1, -0.05) is 0 Å². The molecule has 0 bridgehead atoms. The number of nitrogens with zero attached hydrogens (tertiary/aromatic N) is 1. The van der Waals surface area contributed by atoms with E-state index in [2.05, 4.69) is 15.5 Å². The molecule has 2 fully saturated rings. The van der Waals surface area contributed by atoms with Gasteiger partial charge in [-0.2, -0.15) is 0 Å². The van der Waals surface area contributed by atoms with Gasteiger partial charge in [-0.3, -0.25) is 4.79 Å². The second-order valence-corrected chi connectivity index (χ2v) is 5.23. The molecule has 2 aliphatic rings. The molecule has 17 heavy (non-hydrogen) atoms. The fourth-order valence-corrected chi connectivity index (χ4v) is 2.74. The van der Waals surface area contributed by atoms with Crippen molar-refractivity contribution in [3.63, 3.8) is 0 Å². The molecule has 0 radical (unpaired) electrons. The van der Waals surface area contributed by atoms with Crippen molar-refractivity contribution in [3.05, 3.63) is 0 Å². The number of hydrogen-bond acceptors (Lipinski definition) is 3. The summed E-state index contributed by atoms with van der Waals surface area (Å²) in [6.07, 6.45) is 6.90. The average molecular weight is 239 g/mol. The van der Waals surface area contributed by atoms with Crippen LogP contribution in [0.15, 0.2) is 0 Å². The zero-order chi connectivity index (χ0) is 11.9. The maximum Gasteiger partial charge on any atom is 0.221 e. The molecular formula is C13H25N3O. The van der Waals surface area contributed by atoms with Crippen molar-refractivity contribution in [2.75, 3.05) is 32.7 Å². The Morgan fingerprint density at radius 2 is 2.12 bits per heavy atom. The summed E-state index contributed by atoms with van der Waals surface area (Å²) in [6.45, 7) is 5.27. The van der Waals surface area contributed by atoms with Crippen molar-refractivity contribution in [1.29, 1.82) is 0 Å².